The summed E-state index contributed by atoms with van der Waals surface area (Å²) in [6.45, 7) is 0. The fourth-order valence-electron chi connectivity index (χ4n) is 3.33. The molecule has 0 spiro atoms. The van der Waals surface area contributed by atoms with Gasteiger partial charge in [0.25, 0.3) is 11.8 Å². The molecule has 0 aliphatic heterocycles. The predicted octanol–water partition coefficient (Wildman–Crippen LogP) is 5.20. The van der Waals surface area contributed by atoms with Crippen molar-refractivity contribution in [3.05, 3.63) is 62.7 Å². The minimum Gasteiger partial charge on any atom is -0.497 e. The van der Waals surface area contributed by atoms with Gasteiger partial charge in [0.2, 0.25) is 0 Å². The summed E-state index contributed by atoms with van der Waals surface area (Å²) < 4.78 is 5.16. The molecule has 28 heavy (non-hydrogen) atoms. The molecule has 3 aromatic rings. The zero-order valence-electron chi connectivity index (χ0n) is 15.4. The first-order chi connectivity index (χ1) is 13.7. The summed E-state index contributed by atoms with van der Waals surface area (Å²) in [7, 11) is 1.60. The van der Waals surface area contributed by atoms with Crippen molar-refractivity contribution in [2.45, 2.75) is 25.7 Å². The number of hydrogen-bond acceptors (Lipinski definition) is 5. The lowest BCUT2D eigenvalue weighted by Gasteiger charge is -2.13. The van der Waals surface area contributed by atoms with E-state index in [0.29, 0.717) is 21.1 Å². The Balaban J connectivity index is 1.62. The molecule has 1 aromatic carbocycles. The third-order valence-corrected chi connectivity index (χ3v) is 6.79. The Labute approximate surface area is 171 Å². The minimum atomic E-state index is -0.189. The largest absolute Gasteiger partial charge is 0.497 e. The lowest BCUT2D eigenvalue weighted by atomic mass is 9.95. The van der Waals surface area contributed by atoms with Gasteiger partial charge in [-0.25, -0.2) is 0 Å². The number of aryl methyl sites for hydroxylation is 1. The van der Waals surface area contributed by atoms with Crippen molar-refractivity contribution in [2.24, 2.45) is 0 Å². The van der Waals surface area contributed by atoms with E-state index < -0.39 is 0 Å². The van der Waals surface area contributed by atoms with E-state index >= 15 is 0 Å². The molecule has 0 unspecified atom stereocenters. The number of hydrogen-bond donors (Lipinski definition) is 2. The fraction of sp³-hybridized carbons (Fsp3) is 0.238. The summed E-state index contributed by atoms with van der Waals surface area (Å²) in [5.41, 5.74) is 2.36. The number of benzene rings is 1. The first-order valence-corrected chi connectivity index (χ1v) is 10.8. The van der Waals surface area contributed by atoms with Crippen LogP contribution in [0.5, 0.6) is 5.75 Å². The molecular formula is C21H20N2O3S2. The molecule has 0 atom stereocenters. The summed E-state index contributed by atoms with van der Waals surface area (Å²) in [4.78, 5) is 27.5. The van der Waals surface area contributed by atoms with Crippen LogP contribution in [0.25, 0.3) is 0 Å². The van der Waals surface area contributed by atoms with Crippen LogP contribution in [0.3, 0.4) is 0 Å². The van der Waals surface area contributed by atoms with Crippen molar-refractivity contribution >= 4 is 45.2 Å². The number of amides is 2. The van der Waals surface area contributed by atoms with Crippen LogP contribution >= 0.6 is 22.7 Å². The SMILES string of the molecule is COc1ccc(NC(=O)c2c(NC(=O)c3cccs3)sc3c2CCCC3)cc1. The molecule has 1 aliphatic carbocycles. The first kappa shape index (κ1) is 18.7. The number of nitrogens with one attached hydrogen (secondary N) is 2. The van der Waals surface area contributed by atoms with E-state index in [1.54, 1.807) is 37.4 Å². The second-order valence-corrected chi connectivity index (χ2v) is 8.58. The Morgan fingerprint density at radius 2 is 1.79 bits per heavy atom. The molecule has 0 saturated heterocycles. The molecule has 0 saturated carbocycles. The molecule has 144 valence electrons. The molecule has 2 N–H and O–H groups in total. The Hall–Kier alpha value is -2.64. The van der Waals surface area contributed by atoms with E-state index in [9.17, 15) is 9.59 Å². The van der Waals surface area contributed by atoms with Crippen LogP contribution in [0.15, 0.2) is 41.8 Å². The van der Waals surface area contributed by atoms with Gasteiger partial charge in [-0.3, -0.25) is 9.59 Å². The average Bonchev–Trinajstić information content (AvgIpc) is 3.36. The van der Waals surface area contributed by atoms with Crippen LogP contribution in [0, 0.1) is 0 Å². The van der Waals surface area contributed by atoms with Gasteiger partial charge in [-0.05, 0) is 67.0 Å². The van der Waals surface area contributed by atoms with Gasteiger partial charge < -0.3 is 15.4 Å². The second-order valence-electron chi connectivity index (χ2n) is 6.53. The Morgan fingerprint density at radius 1 is 1.00 bits per heavy atom. The molecule has 2 heterocycles. The Bertz CT molecular complexity index is 992. The van der Waals surface area contributed by atoms with Crippen molar-refractivity contribution in [3.63, 3.8) is 0 Å². The van der Waals surface area contributed by atoms with Gasteiger partial charge in [-0.2, -0.15) is 0 Å². The lowest BCUT2D eigenvalue weighted by molar-refractivity contribution is 0.102. The Kier molecular flexibility index (Phi) is 5.45. The van der Waals surface area contributed by atoms with Crippen molar-refractivity contribution in [3.8, 4) is 5.75 Å². The van der Waals surface area contributed by atoms with Gasteiger partial charge in [0.1, 0.15) is 10.8 Å². The van der Waals surface area contributed by atoms with E-state index in [0.717, 1.165) is 37.0 Å². The molecule has 0 fully saturated rings. The van der Waals surface area contributed by atoms with E-state index in [2.05, 4.69) is 10.6 Å². The predicted molar refractivity (Wildman–Crippen MR) is 114 cm³/mol. The van der Waals surface area contributed by atoms with Gasteiger partial charge in [-0.1, -0.05) is 6.07 Å². The normalized spacial score (nSPS) is 12.9. The number of anilines is 2. The number of carbonyl (C=O) groups excluding carboxylic acids is 2. The van der Waals surface area contributed by atoms with Crippen molar-refractivity contribution in [2.75, 3.05) is 17.7 Å². The van der Waals surface area contributed by atoms with Gasteiger partial charge in [0.05, 0.1) is 17.6 Å². The monoisotopic (exact) mass is 412 g/mol. The summed E-state index contributed by atoms with van der Waals surface area (Å²) in [6, 6.07) is 10.8. The number of carbonyl (C=O) groups is 2. The number of methoxy groups -OCH3 is 1. The molecule has 1 aliphatic rings. The minimum absolute atomic E-state index is 0.174. The fourth-order valence-corrected chi connectivity index (χ4v) is 5.24. The van der Waals surface area contributed by atoms with Crippen LogP contribution < -0.4 is 15.4 Å². The highest BCUT2D eigenvalue weighted by Crippen LogP contribution is 2.39. The van der Waals surface area contributed by atoms with Gasteiger partial charge in [-0.15, -0.1) is 22.7 Å². The van der Waals surface area contributed by atoms with Crippen LogP contribution in [0.2, 0.25) is 0 Å². The summed E-state index contributed by atoms with van der Waals surface area (Å²) in [5, 5.41) is 8.42. The first-order valence-electron chi connectivity index (χ1n) is 9.10. The maximum atomic E-state index is 13.1. The average molecular weight is 413 g/mol. The van der Waals surface area contributed by atoms with Crippen molar-refractivity contribution in [1.29, 1.82) is 0 Å². The highest BCUT2D eigenvalue weighted by atomic mass is 32.1. The standard InChI is InChI=1S/C21H20N2O3S2/c1-26-14-10-8-13(9-11-14)22-20(25)18-15-5-2-3-6-16(15)28-21(18)23-19(24)17-7-4-12-27-17/h4,7-12H,2-3,5-6H2,1H3,(H,22,25)(H,23,24). The van der Waals surface area contributed by atoms with Crippen molar-refractivity contribution in [1.82, 2.24) is 0 Å². The van der Waals surface area contributed by atoms with Crippen LogP contribution in [-0.4, -0.2) is 18.9 Å². The van der Waals surface area contributed by atoms with E-state index in [-0.39, 0.29) is 11.8 Å². The number of rotatable bonds is 5. The highest BCUT2D eigenvalue weighted by molar-refractivity contribution is 7.17. The van der Waals surface area contributed by atoms with Gasteiger partial charge >= 0.3 is 0 Å². The van der Waals surface area contributed by atoms with Gasteiger partial charge in [0, 0.05) is 10.6 Å². The molecule has 2 aromatic heterocycles. The zero-order valence-corrected chi connectivity index (χ0v) is 17.0. The van der Waals surface area contributed by atoms with E-state index in [4.69, 9.17) is 4.74 Å². The van der Waals surface area contributed by atoms with E-state index in [1.165, 1.54) is 27.6 Å². The van der Waals surface area contributed by atoms with Crippen LogP contribution in [-0.2, 0) is 12.8 Å². The van der Waals surface area contributed by atoms with Gasteiger partial charge in [0.15, 0.2) is 0 Å². The number of thiophene rings is 2. The highest BCUT2D eigenvalue weighted by Gasteiger charge is 2.26. The maximum absolute atomic E-state index is 13.1. The zero-order chi connectivity index (χ0) is 19.5. The third-order valence-electron chi connectivity index (χ3n) is 4.72. The van der Waals surface area contributed by atoms with Crippen molar-refractivity contribution < 1.29 is 14.3 Å². The Morgan fingerprint density at radius 3 is 2.50 bits per heavy atom. The third kappa shape index (κ3) is 3.81. The van der Waals surface area contributed by atoms with Crippen LogP contribution in [0.1, 0.15) is 43.3 Å². The number of ether oxygens (including phenoxy) is 1. The quantitative estimate of drug-likeness (QED) is 0.605. The summed E-state index contributed by atoms with van der Waals surface area (Å²) >= 11 is 2.91. The molecule has 2 amide bonds. The second kappa shape index (κ2) is 8.16. The molecule has 7 heteroatoms. The van der Waals surface area contributed by atoms with E-state index in [1.807, 2.05) is 11.4 Å². The number of fused-ring (bicyclic) bond motifs is 1. The maximum Gasteiger partial charge on any atom is 0.266 e. The molecule has 4 rings (SSSR count). The molecule has 5 nitrogen and oxygen atoms in total. The summed E-state index contributed by atoms with van der Waals surface area (Å²) in [6.07, 6.45) is 4.00. The molecule has 0 bridgehead atoms. The van der Waals surface area contributed by atoms with Crippen LogP contribution in [0.4, 0.5) is 10.7 Å². The summed E-state index contributed by atoms with van der Waals surface area (Å²) in [5.74, 6) is 0.368. The lowest BCUT2D eigenvalue weighted by Crippen LogP contribution is -2.18. The molecule has 0 radical (unpaired) electrons. The smallest absolute Gasteiger partial charge is 0.266 e. The topological polar surface area (TPSA) is 67.4 Å². The molecular weight excluding hydrogens is 392 g/mol.